The van der Waals surface area contributed by atoms with Gasteiger partial charge in [0, 0.05) is 12.5 Å². The largest absolute Gasteiger partial charge is 0.338 e. The van der Waals surface area contributed by atoms with E-state index in [9.17, 15) is 0 Å². The van der Waals surface area contributed by atoms with E-state index in [1.54, 1.807) is 0 Å². The first-order valence-corrected chi connectivity index (χ1v) is 6.81. The smallest absolute Gasteiger partial charge is 0.240 e. The van der Waals surface area contributed by atoms with Gasteiger partial charge in [0.2, 0.25) is 5.89 Å². The molecule has 0 amide bonds. The van der Waals surface area contributed by atoms with Crippen LogP contribution in [0.4, 0.5) is 0 Å². The zero-order chi connectivity index (χ0) is 13.0. The lowest BCUT2D eigenvalue weighted by Gasteiger charge is -2.23. The number of rotatable bonds is 5. The lowest BCUT2D eigenvalue weighted by Crippen LogP contribution is -2.26. The summed E-state index contributed by atoms with van der Waals surface area (Å²) in [5.41, 5.74) is 0. The van der Waals surface area contributed by atoms with Crippen molar-refractivity contribution in [2.24, 2.45) is 5.92 Å². The molecule has 4 nitrogen and oxygen atoms in total. The molecule has 100 valence electrons. The Morgan fingerprint density at radius 3 is 2.89 bits per heavy atom. The van der Waals surface area contributed by atoms with E-state index in [0.717, 1.165) is 30.7 Å². The fraction of sp³-hybridized carbons (Fsp3) is 0.714. The summed E-state index contributed by atoms with van der Waals surface area (Å²) in [5, 5.41) is 3.99. The fourth-order valence-corrected chi connectivity index (χ4v) is 2.33. The molecular formula is C14H23N3O. The van der Waals surface area contributed by atoms with Crippen LogP contribution in [0.3, 0.4) is 0 Å². The Balaban J connectivity index is 1.82. The van der Waals surface area contributed by atoms with Gasteiger partial charge in [-0.1, -0.05) is 31.2 Å². The van der Waals surface area contributed by atoms with Gasteiger partial charge in [-0.25, -0.2) is 0 Å². The summed E-state index contributed by atoms with van der Waals surface area (Å²) in [6.07, 6.45) is 8.29. The van der Waals surface area contributed by atoms with Gasteiger partial charge in [-0.2, -0.15) is 4.98 Å². The molecule has 0 fully saturated rings. The molecular weight excluding hydrogens is 226 g/mol. The Morgan fingerprint density at radius 2 is 2.28 bits per heavy atom. The van der Waals surface area contributed by atoms with Crippen molar-refractivity contribution in [2.45, 2.75) is 45.6 Å². The van der Waals surface area contributed by atoms with Crippen LogP contribution >= 0.6 is 0 Å². The molecule has 0 aliphatic heterocycles. The van der Waals surface area contributed by atoms with Crippen LogP contribution in [0.5, 0.6) is 0 Å². The molecule has 0 bridgehead atoms. The minimum atomic E-state index is 0.330. The maximum atomic E-state index is 5.27. The van der Waals surface area contributed by atoms with Gasteiger partial charge in [0.25, 0.3) is 0 Å². The molecule has 4 heteroatoms. The Labute approximate surface area is 109 Å². The Hall–Kier alpha value is -1.16. The molecule has 0 saturated carbocycles. The zero-order valence-corrected chi connectivity index (χ0v) is 11.6. The summed E-state index contributed by atoms with van der Waals surface area (Å²) in [6, 6.07) is 0. The summed E-state index contributed by atoms with van der Waals surface area (Å²) < 4.78 is 5.27. The van der Waals surface area contributed by atoms with Gasteiger partial charge in [-0.05, 0) is 32.2 Å². The Kier molecular flexibility index (Phi) is 4.53. The average molecular weight is 249 g/mol. The first kappa shape index (κ1) is 13.3. The van der Waals surface area contributed by atoms with Crippen molar-refractivity contribution in [1.82, 2.24) is 15.0 Å². The quantitative estimate of drug-likeness (QED) is 0.752. The third kappa shape index (κ3) is 3.67. The predicted octanol–water partition coefficient (Wildman–Crippen LogP) is 2.98. The first-order chi connectivity index (χ1) is 8.65. The fourth-order valence-electron chi connectivity index (χ4n) is 2.33. The predicted molar refractivity (Wildman–Crippen MR) is 71.2 cm³/mol. The van der Waals surface area contributed by atoms with Gasteiger partial charge >= 0.3 is 0 Å². The maximum absolute atomic E-state index is 5.27. The third-order valence-electron chi connectivity index (χ3n) is 3.35. The van der Waals surface area contributed by atoms with E-state index in [-0.39, 0.29) is 0 Å². The van der Waals surface area contributed by atoms with Crippen molar-refractivity contribution in [2.75, 3.05) is 13.6 Å². The van der Waals surface area contributed by atoms with Gasteiger partial charge in [0.15, 0.2) is 5.82 Å². The van der Waals surface area contributed by atoms with Gasteiger partial charge in [0.05, 0.1) is 6.54 Å². The van der Waals surface area contributed by atoms with E-state index in [1.807, 2.05) is 0 Å². The number of nitrogens with zero attached hydrogens (tertiary/aromatic N) is 3. The van der Waals surface area contributed by atoms with E-state index in [0.29, 0.717) is 5.92 Å². The molecule has 0 N–H and O–H groups in total. The lowest BCUT2D eigenvalue weighted by atomic mass is 9.94. The van der Waals surface area contributed by atoms with Crippen LogP contribution in [0.15, 0.2) is 16.7 Å². The Bertz CT molecular complexity index is 397. The van der Waals surface area contributed by atoms with Crippen molar-refractivity contribution in [3.8, 4) is 0 Å². The summed E-state index contributed by atoms with van der Waals surface area (Å²) in [4.78, 5) is 6.69. The molecule has 1 aliphatic carbocycles. The first-order valence-electron chi connectivity index (χ1n) is 6.81. The van der Waals surface area contributed by atoms with Crippen molar-refractivity contribution in [3.63, 3.8) is 0 Å². The van der Waals surface area contributed by atoms with Gasteiger partial charge < -0.3 is 4.52 Å². The highest BCUT2D eigenvalue weighted by molar-refractivity contribution is 4.93. The highest BCUT2D eigenvalue weighted by Crippen LogP contribution is 2.19. The molecule has 1 aromatic heterocycles. The van der Waals surface area contributed by atoms with E-state index in [2.05, 4.69) is 48.1 Å². The number of aromatic nitrogens is 2. The molecule has 1 heterocycles. The minimum Gasteiger partial charge on any atom is -0.338 e. The summed E-state index contributed by atoms with van der Waals surface area (Å²) >= 11 is 0. The van der Waals surface area contributed by atoms with Crippen LogP contribution in [-0.2, 0) is 6.54 Å². The number of hydrogen-bond acceptors (Lipinski definition) is 4. The van der Waals surface area contributed by atoms with Gasteiger partial charge in [-0.15, -0.1) is 0 Å². The van der Waals surface area contributed by atoms with Crippen molar-refractivity contribution in [1.29, 1.82) is 0 Å². The summed E-state index contributed by atoms with van der Waals surface area (Å²) in [5.74, 6) is 2.63. The topological polar surface area (TPSA) is 42.2 Å². The van der Waals surface area contributed by atoms with Gasteiger partial charge in [0.1, 0.15) is 0 Å². The molecule has 2 rings (SSSR count). The Morgan fingerprint density at radius 1 is 1.44 bits per heavy atom. The van der Waals surface area contributed by atoms with Crippen molar-refractivity contribution < 1.29 is 4.52 Å². The molecule has 0 saturated heterocycles. The summed E-state index contributed by atoms with van der Waals surface area (Å²) in [7, 11) is 2.12. The standard InChI is InChI=1S/C14H23N3O/c1-11(2)14-15-13(18-16-14)10-17(3)9-12-7-5-4-6-8-12/h4-5,11-12H,6-10H2,1-3H3/t12-/m1/s1. The summed E-state index contributed by atoms with van der Waals surface area (Å²) in [6.45, 7) is 6.00. The van der Waals surface area contributed by atoms with Crippen molar-refractivity contribution in [3.05, 3.63) is 23.9 Å². The molecule has 1 aliphatic rings. The monoisotopic (exact) mass is 249 g/mol. The molecule has 0 radical (unpaired) electrons. The SMILES string of the molecule is CC(C)c1noc(CN(C)C[C@@H]2CC=CCC2)n1. The molecule has 0 spiro atoms. The number of allylic oxidation sites excluding steroid dienone is 2. The van der Waals surface area contributed by atoms with Crippen LogP contribution in [-0.4, -0.2) is 28.6 Å². The van der Waals surface area contributed by atoms with Crippen molar-refractivity contribution >= 4 is 0 Å². The highest BCUT2D eigenvalue weighted by Gasteiger charge is 2.15. The van der Waals surface area contributed by atoms with Crippen LogP contribution in [0.2, 0.25) is 0 Å². The van der Waals surface area contributed by atoms with Gasteiger partial charge in [-0.3, -0.25) is 4.90 Å². The third-order valence-corrected chi connectivity index (χ3v) is 3.35. The second-order valence-corrected chi connectivity index (χ2v) is 5.55. The maximum Gasteiger partial charge on any atom is 0.240 e. The second-order valence-electron chi connectivity index (χ2n) is 5.55. The van der Waals surface area contributed by atoms with Crippen LogP contribution in [0.1, 0.15) is 50.7 Å². The molecule has 0 aromatic carbocycles. The number of hydrogen-bond donors (Lipinski definition) is 0. The molecule has 1 aromatic rings. The van der Waals surface area contributed by atoms with E-state index >= 15 is 0 Å². The van der Waals surface area contributed by atoms with Crippen LogP contribution in [0, 0.1) is 5.92 Å². The van der Waals surface area contributed by atoms with E-state index in [1.165, 1.54) is 19.3 Å². The normalized spacial score (nSPS) is 19.9. The molecule has 0 unspecified atom stereocenters. The molecule has 1 atom stereocenters. The highest BCUT2D eigenvalue weighted by atomic mass is 16.5. The van der Waals surface area contributed by atoms with Crippen LogP contribution in [0.25, 0.3) is 0 Å². The lowest BCUT2D eigenvalue weighted by molar-refractivity contribution is 0.226. The van der Waals surface area contributed by atoms with Crippen LogP contribution < -0.4 is 0 Å². The molecule has 18 heavy (non-hydrogen) atoms. The van der Waals surface area contributed by atoms with E-state index in [4.69, 9.17) is 4.52 Å². The average Bonchev–Trinajstić information content (AvgIpc) is 2.78. The second kappa shape index (κ2) is 6.14. The minimum absolute atomic E-state index is 0.330. The zero-order valence-electron chi connectivity index (χ0n) is 11.6. The van der Waals surface area contributed by atoms with E-state index < -0.39 is 0 Å².